The van der Waals surface area contributed by atoms with Crippen LogP contribution >= 0.6 is 11.6 Å². The number of fused-ring (bicyclic) bond motifs is 1. The van der Waals surface area contributed by atoms with Gasteiger partial charge in [-0.05, 0) is 18.2 Å². The minimum absolute atomic E-state index is 0.0999. The summed E-state index contributed by atoms with van der Waals surface area (Å²) < 4.78 is 26.4. The van der Waals surface area contributed by atoms with E-state index in [0.717, 1.165) is 35.2 Å². The van der Waals surface area contributed by atoms with Crippen LogP contribution in [0.5, 0.6) is 5.88 Å². The van der Waals surface area contributed by atoms with Crippen molar-refractivity contribution in [2.24, 2.45) is 0 Å². The van der Waals surface area contributed by atoms with E-state index in [0.29, 0.717) is 28.9 Å². The Kier molecular flexibility index (Phi) is 6.49. The van der Waals surface area contributed by atoms with Crippen LogP contribution in [0.2, 0.25) is 30.8 Å². The lowest BCUT2D eigenvalue weighted by molar-refractivity contribution is 0.0199. The van der Waals surface area contributed by atoms with Crippen LogP contribution < -0.4 is 4.74 Å². The summed E-state index contributed by atoms with van der Waals surface area (Å²) in [6, 6.07) is 10.2. The number of nitrogens with zero attached hydrogens (tertiary/aromatic N) is 5. The molecular formula is C22H23ClFN5O2Si. The van der Waals surface area contributed by atoms with Gasteiger partial charge < -0.3 is 9.47 Å². The van der Waals surface area contributed by atoms with Gasteiger partial charge in [-0.25, -0.2) is 24.0 Å². The summed E-state index contributed by atoms with van der Waals surface area (Å²) >= 11 is 6.15. The van der Waals surface area contributed by atoms with Gasteiger partial charge in [0, 0.05) is 32.5 Å². The highest BCUT2D eigenvalue weighted by molar-refractivity contribution is 6.76. The molecule has 0 N–H and O–H groups in total. The summed E-state index contributed by atoms with van der Waals surface area (Å²) in [5.41, 5.74) is 2.21. The summed E-state index contributed by atoms with van der Waals surface area (Å²) in [5.74, 6) is 0.330. The number of halogens is 2. The predicted octanol–water partition coefficient (Wildman–Crippen LogP) is 5.36. The van der Waals surface area contributed by atoms with Crippen molar-refractivity contribution in [1.29, 1.82) is 0 Å². The fraction of sp³-hybridized carbons (Fsp3) is 0.273. The first-order chi connectivity index (χ1) is 15.3. The smallest absolute Gasteiger partial charge is 0.244 e. The van der Waals surface area contributed by atoms with E-state index in [9.17, 15) is 4.39 Å². The molecule has 0 spiro atoms. The highest BCUT2D eigenvalue weighted by atomic mass is 35.5. The van der Waals surface area contributed by atoms with E-state index in [-0.39, 0.29) is 6.79 Å². The van der Waals surface area contributed by atoms with Gasteiger partial charge in [-0.15, -0.1) is 5.10 Å². The molecule has 0 saturated heterocycles. The van der Waals surface area contributed by atoms with Crippen molar-refractivity contribution in [3.63, 3.8) is 0 Å². The van der Waals surface area contributed by atoms with Crippen LogP contribution in [0, 0.1) is 5.82 Å². The monoisotopic (exact) mass is 471 g/mol. The highest BCUT2D eigenvalue weighted by Gasteiger charge is 2.16. The Morgan fingerprint density at radius 2 is 1.84 bits per heavy atom. The maximum atomic E-state index is 13.2. The number of pyridine rings is 1. The average molecular weight is 472 g/mol. The molecule has 0 bridgehead atoms. The summed E-state index contributed by atoms with van der Waals surface area (Å²) in [4.78, 5) is 12.3. The van der Waals surface area contributed by atoms with Crippen molar-refractivity contribution in [2.45, 2.75) is 25.7 Å². The van der Waals surface area contributed by atoms with Crippen LogP contribution in [0.25, 0.3) is 28.0 Å². The maximum absolute atomic E-state index is 13.2. The molecule has 4 rings (SSSR count). The number of rotatable bonds is 8. The molecule has 0 fully saturated rings. The van der Waals surface area contributed by atoms with Gasteiger partial charge in [-0.2, -0.15) is 0 Å². The molecule has 7 nitrogen and oxygen atoms in total. The lowest BCUT2D eigenvalue weighted by atomic mass is 10.2. The van der Waals surface area contributed by atoms with E-state index in [1.165, 1.54) is 0 Å². The molecule has 0 saturated carbocycles. The topological polar surface area (TPSA) is 75.0 Å². The van der Waals surface area contributed by atoms with Crippen LogP contribution in [0.4, 0.5) is 4.39 Å². The predicted molar refractivity (Wildman–Crippen MR) is 124 cm³/mol. The second-order valence-corrected chi connectivity index (χ2v) is 14.5. The first-order valence-electron chi connectivity index (χ1n) is 10.1. The zero-order valence-corrected chi connectivity index (χ0v) is 19.8. The zero-order valence-electron chi connectivity index (χ0n) is 18.0. The molecule has 0 aliphatic rings. The van der Waals surface area contributed by atoms with E-state index in [2.05, 4.69) is 39.7 Å². The lowest BCUT2D eigenvalue weighted by Crippen LogP contribution is -2.22. The first-order valence-corrected chi connectivity index (χ1v) is 14.2. The largest absolute Gasteiger partial charge is 0.449 e. The normalized spacial score (nSPS) is 11.8. The number of ether oxygens (including phenoxy) is 2. The van der Waals surface area contributed by atoms with E-state index in [1.807, 2.05) is 24.3 Å². The van der Waals surface area contributed by atoms with Crippen molar-refractivity contribution >= 4 is 30.6 Å². The first kappa shape index (κ1) is 22.3. The van der Waals surface area contributed by atoms with Gasteiger partial charge in [-0.3, -0.25) is 0 Å². The van der Waals surface area contributed by atoms with Gasteiger partial charge in [0.1, 0.15) is 5.15 Å². The quantitative estimate of drug-likeness (QED) is 0.149. The number of benzene rings is 1. The molecule has 0 aliphatic heterocycles. The minimum Gasteiger partial charge on any atom is -0.449 e. The van der Waals surface area contributed by atoms with Crippen LogP contribution in [0.15, 0.2) is 48.9 Å². The van der Waals surface area contributed by atoms with Crippen molar-refractivity contribution in [3.8, 4) is 23.0 Å². The van der Waals surface area contributed by atoms with Crippen molar-refractivity contribution in [2.75, 3.05) is 13.4 Å². The van der Waals surface area contributed by atoms with Crippen molar-refractivity contribution in [1.82, 2.24) is 24.7 Å². The van der Waals surface area contributed by atoms with E-state index in [1.54, 1.807) is 16.9 Å². The van der Waals surface area contributed by atoms with Gasteiger partial charge in [0.15, 0.2) is 18.4 Å². The van der Waals surface area contributed by atoms with E-state index >= 15 is 0 Å². The Morgan fingerprint density at radius 3 is 2.59 bits per heavy atom. The summed E-state index contributed by atoms with van der Waals surface area (Å²) in [7, 11) is -1.17. The molecule has 0 atom stereocenters. The average Bonchev–Trinajstić information content (AvgIpc) is 3.11. The van der Waals surface area contributed by atoms with Crippen LogP contribution in [-0.2, 0) is 4.74 Å². The summed E-state index contributed by atoms with van der Waals surface area (Å²) in [6.07, 6.45) is 3.90. The maximum Gasteiger partial charge on any atom is 0.244 e. The number of aromatic nitrogens is 5. The molecule has 0 unspecified atom stereocenters. The number of hydrogen-bond donors (Lipinski definition) is 0. The van der Waals surface area contributed by atoms with Gasteiger partial charge in [-0.1, -0.05) is 43.4 Å². The molecule has 3 aromatic heterocycles. The van der Waals surface area contributed by atoms with Crippen molar-refractivity contribution < 1.29 is 13.9 Å². The number of hydrogen-bond acceptors (Lipinski definition) is 6. The third-order valence-corrected chi connectivity index (χ3v) is 6.65. The van der Waals surface area contributed by atoms with Gasteiger partial charge in [0.05, 0.1) is 29.0 Å². The molecule has 4 aromatic rings. The Balaban J connectivity index is 1.62. The standard InChI is InChI=1S/C22H23ClFN5O2Si/c1-32(2,3)8-7-30-14-31-22-18-13-25-20(23)10-19(18)29(28-22)17-6-4-5-15(9-17)21-26-11-16(24)12-27-21/h4-6,9-13H,7-8,14H2,1-3H3. The van der Waals surface area contributed by atoms with Crippen molar-refractivity contribution in [3.05, 3.63) is 59.9 Å². The zero-order chi connectivity index (χ0) is 22.7. The highest BCUT2D eigenvalue weighted by Crippen LogP contribution is 2.29. The molecule has 0 radical (unpaired) electrons. The third kappa shape index (κ3) is 5.29. The Hall–Kier alpha value is -2.88. The molecule has 32 heavy (non-hydrogen) atoms. The van der Waals surface area contributed by atoms with E-state index < -0.39 is 13.9 Å². The van der Waals surface area contributed by atoms with Gasteiger partial charge in [0.2, 0.25) is 5.88 Å². The molecule has 166 valence electrons. The fourth-order valence-corrected chi connectivity index (χ4v) is 3.94. The summed E-state index contributed by atoms with van der Waals surface area (Å²) in [6.45, 7) is 7.65. The van der Waals surface area contributed by atoms with E-state index in [4.69, 9.17) is 21.1 Å². The molecule has 1 aromatic carbocycles. The Morgan fingerprint density at radius 1 is 1.06 bits per heavy atom. The lowest BCUT2D eigenvalue weighted by Gasteiger charge is -2.15. The Bertz CT molecular complexity index is 1230. The van der Waals surface area contributed by atoms with Gasteiger partial charge >= 0.3 is 0 Å². The summed E-state index contributed by atoms with van der Waals surface area (Å²) in [5, 5.41) is 5.68. The third-order valence-electron chi connectivity index (χ3n) is 4.74. The van der Waals surface area contributed by atoms with Crippen LogP contribution in [0.1, 0.15) is 0 Å². The minimum atomic E-state index is -1.17. The molecular weight excluding hydrogens is 449 g/mol. The molecule has 3 heterocycles. The van der Waals surface area contributed by atoms with Gasteiger partial charge in [0.25, 0.3) is 0 Å². The fourth-order valence-electron chi connectivity index (χ4n) is 3.04. The SMILES string of the molecule is C[Si](C)(C)CCOCOc1nn(-c2cccc(-c3ncc(F)cn3)c2)c2cc(Cl)ncc12. The Labute approximate surface area is 191 Å². The second-order valence-electron chi connectivity index (χ2n) is 8.50. The molecule has 10 heteroatoms. The second kappa shape index (κ2) is 9.31. The molecule has 0 aliphatic carbocycles. The van der Waals surface area contributed by atoms with Crippen LogP contribution in [-0.4, -0.2) is 46.2 Å². The van der Waals surface area contributed by atoms with Crippen LogP contribution in [0.3, 0.4) is 0 Å². The molecule has 0 amide bonds.